The Bertz CT molecular complexity index is 564. The summed E-state index contributed by atoms with van der Waals surface area (Å²) >= 11 is 0. The van der Waals surface area contributed by atoms with E-state index in [1.165, 1.54) is 12.3 Å². The summed E-state index contributed by atoms with van der Waals surface area (Å²) in [5.74, 6) is -0.0940. The number of hydrogen-bond donors (Lipinski definition) is 1. The smallest absolute Gasteiger partial charge is 0.336 e. The van der Waals surface area contributed by atoms with E-state index in [1.54, 1.807) is 13.3 Å². The van der Waals surface area contributed by atoms with E-state index in [0.717, 1.165) is 23.3 Å². The number of hydrogen-bond acceptors (Lipinski definition) is 3. The van der Waals surface area contributed by atoms with Crippen LogP contribution in [-0.2, 0) is 12.8 Å². The minimum Gasteiger partial charge on any atom is -0.497 e. The van der Waals surface area contributed by atoms with Crippen molar-refractivity contribution in [3.05, 3.63) is 59.4 Å². The normalized spacial score (nSPS) is 10.2. The summed E-state index contributed by atoms with van der Waals surface area (Å²) in [7, 11) is 1.63. The summed E-state index contributed by atoms with van der Waals surface area (Å²) in [6.45, 7) is 0. The number of nitrogens with zero attached hydrogens (tertiary/aromatic N) is 1. The van der Waals surface area contributed by atoms with E-state index in [2.05, 4.69) is 4.98 Å². The van der Waals surface area contributed by atoms with E-state index in [-0.39, 0.29) is 0 Å². The van der Waals surface area contributed by atoms with Crippen molar-refractivity contribution in [3.8, 4) is 5.75 Å². The molecule has 0 saturated carbocycles. The SMILES string of the molecule is COc1ccc(CCc2cnccc2C(=O)O)cc1. The topological polar surface area (TPSA) is 59.4 Å². The van der Waals surface area contributed by atoms with Crippen LogP contribution >= 0.6 is 0 Å². The first-order valence-electron chi connectivity index (χ1n) is 6.00. The van der Waals surface area contributed by atoms with Gasteiger partial charge in [0.05, 0.1) is 12.7 Å². The van der Waals surface area contributed by atoms with E-state index in [1.807, 2.05) is 24.3 Å². The van der Waals surface area contributed by atoms with Crippen molar-refractivity contribution >= 4 is 5.97 Å². The van der Waals surface area contributed by atoms with E-state index in [9.17, 15) is 4.79 Å². The van der Waals surface area contributed by atoms with Crippen molar-refractivity contribution in [2.75, 3.05) is 7.11 Å². The van der Waals surface area contributed by atoms with Crippen molar-refractivity contribution in [2.45, 2.75) is 12.8 Å². The zero-order valence-corrected chi connectivity index (χ0v) is 10.7. The molecule has 1 heterocycles. The van der Waals surface area contributed by atoms with Crippen molar-refractivity contribution in [3.63, 3.8) is 0 Å². The summed E-state index contributed by atoms with van der Waals surface area (Å²) in [5.41, 5.74) is 2.22. The molecule has 4 heteroatoms. The Hall–Kier alpha value is -2.36. The minimum absolute atomic E-state index is 0.323. The molecule has 0 radical (unpaired) electrons. The molecule has 0 aliphatic rings. The van der Waals surface area contributed by atoms with Crippen LogP contribution in [0.1, 0.15) is 21.5 Å². The average molecular weight is 257 g/mol. The first-order valence-corrected chi connectivity index (χ1v) is 6.00. The van der Waals surface area contributed by atoms with E-state index in [0.29, 0.717) is 12.0 Å². The Morgan fingerprint density at radius 1 is 1.21 bits per heavy atom. The van der Waals surface area contributed by atoms with Gasteiger partial charge in [-0.3, -0.25) is 4.98 Å². The number of carbonyl (C=O) groups is 1. The molecule has 1 N–H and O–H groups in total. The number of carboxylic acid groups (broad SMARTS) is 1. The van der Waals surface area contributed by atoms with Crippen LogP contribution in [0.5, 0.6) is 5.75 Å². The fraction of sp³-hybridized carbons (Fsp3) is 0.200. The summed E-state index contributed by atoms with van der Waals surface area (Å²) < 4.78 is 5.09. The maximum Gasteiger partial charge on any atom is 0.336 e. The monoisotopic (exact) mass is 257 g/mol. The van der Waals surface area contributed by atoms with Gasteiger partial charge in [-0.25, -0.2) is 4.79 Å². The molecule has 0 aliphatic carbocycles. The Morgan fingerprint density at radius 3 is 2.58 bits per heavy atom. The lowest BCUT2D eigenvalue weighted by Gasteiger charge is -2.06. The molecule has 2 aromatic rings. The predicted octanol–water partition coefficient (Wildman–Crippen LogP) is 2.57. The van der Waals surface area contributed by atoms with Gasteiger partial charge in [0.1, 0.15) is 5.75 Å². The second-order valence-corrected chi connectivity index (χ2v) is 4.19. The number of aromatic nitrogens is 1. The lowest BCUT2D eigenvalue weighted by atomic mass is 10.0. The highest BCUT2D eigenvalue weighted by Gasteiger charge is 2.09. The number of carboxylic acids is 1. The van der Waals surface area contributed by atoms with Crippen molar-refractivity contribution < 1.29 is 14.6 Å². The zero-order chi connectivity index (χ0) is 13.7. The van der Waals surface area contributed by atoms with Gasteiger partial charge in [-0.15, -0.1) is 0 Å². The Morgan fingerprint density at radius 2 is 1.95 bits per heavy atom. The molecule has 2 rings (SSSR count). The van der Waals surface area contributed by atoms with Crippen LogP contribution in [-0.4, -0.2) is 23.2 Å². The van der Waals surface area contributed by atoms with Crippen LogP contribution in [0.4, 0.5) is 0 Å². The third kappa shape index (κ3) is 3.31. The molecule has 0 amide bonds. The number of aryl methyl sites for hydroxylation is 2. The van der Waals surface area contributed by atoms with Gasteiger partial charge in [0.2, 0.25) is 0 Å². The van der Waals surface area contributed by atoms with E-state index in [4.69, 9.17) is 9.84 Å². The average Bonchev–Trinajstić information content (AvgIpc) is 2.46. The van der Waals surface area contributed by atoms with E-state index < -0.39 is 5.97 Å². The van der Waals surface area contributed by atoms with Crippen LogP contribution < -0.4 is 4.74 Å². The van der Waals surface area contributed by atoms with Crippen molar-refractivity contribution in [1.29, 1.82) is 0 Å². The largest absolute Gasteiger partial charge is 0.497 e. The van der Waals surface area contributed by atoms with Crippen molar-refractivity contribution in [1.82, 2.24) is 4.98 Å². The number of ether oxygens (including phenoxy) is 1. The molecule has 0 spiro atoms. The Labute approximate surface area is 111 Å². The highest BCUT2D eigenvalue weighted by molar-refractivity contribution is 5.89. The standard InChI is InChI=1S/C15H15NO3/c1-19-13-6-3-11(4-7-13)2-5-12-10-16-9-8-14(12)15(17)18/h3-4,6-10H,2,5H2,1H3,(H,17,18). The molecular weight excluding hydrogens is 242 g/mol. The minimum atomic E-state index is -0.910. The number of rotatable bonds is 5. The molecule has 1 aromatic heterocycles. The number of methoxy groups -OCH3 is 1. The van der Waals surface area contributed by atoms with Gasteiger partial charge in [0.15, 0.2) is 0 Å². The van der Waals surface area contributed by atoms with Gasteiger partial charge in [0, 0.05) is 12.4 Å². The molecule has 19 heavy (non-hydrogen) atoms. The van der Waals surface area contributed by atoms with Crippen LogP contribution in [0.3, 0.4) is 0 Å². The molecule has 98 valence electrons. The predicted molar refractivity (Wildman–Crippen MR) is 71.6 cm³/mol. The fourth-order valence-electron chi connectivity index (χ4n) is 1.91. The number of pyridine rings is 1. The maximum absolute atomic E-state index is 11.1. The zero-order valence-electron chi connectivity index (χ0n) is 10.7. The third-order valence-corrected chi connectivity index (χ3v) is 2.98. The van der Waals surface area contributed by atoms with Gasteiger partial charge in [0.25, 0.3) is 0 Å². The molecule has 4 nitrogen and oxygen atoms in total. The molecular formula is C15H15NO3. The number of benzene rings is 1. The first kappa shape index (κ1) is 13.1. The molecule has 0 unspecified atom stereocenters. The second-order valence-electron chi connectivity index (χ2n) is 4.19. The van der Waals surface area contributed by atoms with Gasteiger partial charge in [-0.05, 0) is 42.2 Å². The molecule has 0 atom stereocenters. The van der Waals surface area contributed by atoms with Crippen LogP contribution in [0.15, 0.2) is 42.7 Å². The molecule has 0 fully saturated rings. The lowest BCUT2D eigenvalue weighted by molar-refractivity contribution is 0.0695. The molecule has 0 bridgehead atoms. The van der Waals surface area contributed by atoms with Gasteiger partial charge < -0.3 is 9.84 Å². The second kappa shape index (κ2) is 6.00. The van der Waals surface area contributed by atoms with Gasteiger partial charge >= 0.3 is 5.97 Å². The lowest BCUT2D eigenvalue weighted by Crippen LogP contribution is -2.04. The summed E-state index contributed by atoms with van der Waals surface area (Å²) in [6.07, 6.45) is 4.55. The van der Waals surface area contributed by atoms with Crippen LogP contribution in [0.25, 0.3) is 0 Å². The highest BCUT2D eigenvalue weighted by atomic mass is 16.5. The Balaban J connectivity index is 2.07. The van der Waals surface area contributed by atoms with Gasteiger partial charge in [-0.2, -0.15) is 0 Å². The van der Waals surface area contributed by atoms with Gasteiger partial charge in [-0.1, -0.05) is 12.1 Å². The quantitative estimate of drug-likeness (QED) is 0.894. The first-order chi connectivity index (χ1) is 9.20. The fourth-order valence-corrected chi connectivity index (χ4v) is 1.91. The summed E-state index contributed by atoms with van der Waals surface area (Å²) in [5, 5.41) is 9.09. The maximum atomic E-state index is 11.1. The van der Waals surface area contributed by atoms with Crippen LogP contribution in [0.2, 0.25) is 0 Å². The molecule has 0 aliphatic heterocycles. The third-order valence-electron chi connectivity index (χ3n) is 2.98. The number of aromatic carboxylic acids is 1. The Kier molecular flexibility index (Phi) is 4.13. The van der Waals surface area contributed by atoms with Crippen molar-refractivity contribution in [2.24, 2.45) is 0 Å². The molecule has 0 saturated heterocycles. The molecule has 1 aromatic carbocycles. The summed E-state index contributed by atoms with van der Waals surface area (Å²) in [4.78, 5) is 15.1. The van der Waals surface area contributed by atoms with E-state index >= 15 is 0 Å². The summed E-state index contributed by atoms with van der Waals surface area (Å²) in [6, 6.07) is 9.30. The van der Waals surface area contributed by atoms with Crippen LogP contribution in [0, 0.1) is 0 Å². The highest BCUT2D eigenvalue weighted by Crippen LogP contribution is 2.15.